The highest BCUT2D eigenvalue weighted by Gasteiger charge is 2.00. The first-order valence-corrected chi connectivity index (χ1v) is 6.24. The van der Waals surface area contributed by atoms with E-state index >= 15 is 0 Å². The molecule has 0 saturated carbocycles. The van der Waals surface area contributed by atoms with Crippen LogP contribution < -0.4 is 4.74 Å². The average molecular weight is 265 g/mol. The molecule has 100 valence electrons. The average Bonchev–Trinajstić information content (AvgIpc) is 2.48. The normalized spacial score (nSPS) is 10.3. The minimum Gasteiger partial charge on any atom is -0.507 e. The van der Waals surface area contributed by atoms with Crippen molar-refractivity contribution in [2.75, 3.05) is 6.61 Å². The van der Waals surface area contributed by atoms with Crippen molar-refractivity contribution < 1.29 is 9.84 Å². The monoisotopic (exact) mass is 265 g/mol. The molecule has 0 saturated heterocycles. The van der Waals surface area contributed by atoms with Crippen LogP contribution in [-0.4, -0.2) is 16.7 Å². The standard InChI is InChI=1S/C17H15NO2/c1-2-11-20-16-9-8-15(17(19)12-16)7-3-5-14-6-4-10-18-13-14/h1,3-4,6-10,12-13,19H,5,11H2/b7-3+. The summed E-state index contributed by atoms with van der Waals surface area (Å²) >= 11 is 0. The fourth-order valence-corrected chi connectivity index (χ4v) is 1.72. The number of phenolic OH excluding ortho intramolecular Hbond substituents is 1. The molecule has 0 amide bonds. The number of allylic oxidation sites excluding steroid dienone is 1. The molecule has 0 atom stereocenters. The van der Waals surface area contributed by atoms with Crippen LogP contribution in [-0.2, 0) is 6.42 Å². The van der Waals surface area contributed by atoms with Gasteiger partial charge in [-0.05, 0) is 30.2 Å². The highest BCUT2D eigenvalue weighted by molar-refractivity contribution is 5.58. The zero-order valence-electron chi connectivity index (χ0n) is 11.0. The Morgan fingerprint density at radius 3 is 2.95 bits per heavy atom. The molecule has 0 aliphatic rings. The molecular formula is C17H15NO2. The van der Waals surface area contributed by atoms with Gasteiger partial charge in [0.25, 0.3) is 0 Å². The van der Waals surface area contributed by atoms with Gasteiger partial charge >= 0.3 is 0 Å². The van der Waals surface area contributed by atoms with Gasteiger partial charge in [-0.25, -0.2) is 0 Å². The Balaban J connectivity index is 2.01. The van der Waals surface area contributed by atoms with E-state index in [1.165, 1.54) is 0 Å². The maximum atomic E-state index is 9.89. The summed E-state index contributed by atoms with van der Waals surface area (Å²) in [5.74, 6) is 3.11. The Labute approximate surface area is 118 Å². The van der Waals surface area contributed by atoms with Crippen molar-refractivity contribution in [2.24, 2.45) is 0 Å². The lowest BCUT2D eigenvalue weighted by Gasteiger charge is -2.04. The quantitative estimate of drug-likeness (QED) is 0.845. The van der Waals surface area contributed by atoms with Crippen LogP contribution >= 0.6 is 0 Å². The van der Waals surface area contributed by atoms with E-state index in [0.29, 0.717) is 5.75 Å². The molecule has 1 aromatic carbocycles. The second-order valence-electron chi connectivity index (χ2n) is 4.18. The maximum Gasteiger partial charge on any atom is 0.148 e. The lowest BCUT2D eigenvalue weighted by molar-refractivity contribution is 0.366. The third-order valence-electron chi connectivity index (χ3n) is 2.70. The van der Waals surface area contributed by atoms with Gasteiger partial charge in [-0.1, -0.05) is 24.1 Å². The SMILES string of the molecule is C#CCOc1ccc(/C=C/Cc2cccnc2)c(O)c1. The van der Waals surface area contributed by atoms with Crippen LogP contribution in [0.15, 0.2) is 48.8 Å². The first-order valence-electron chi connectivity index (χ1n) is 6.24. The number of benzene rings is 1. The molecule has 0 radical (unpaired) electrons. The zero-order valence-corrected chi connectivity index (χ0v) is 11.0. The minimum atomic E-state index is 0.168. The summed E-state index contributed by atoms with van der Waals surface area (Å²) in [6.45, 7) is 0.190. The van der Waals surface area contributed by atoms with Crippen LogP contribution in [0.4, 0.5) is 0 Å². The molecule has 0 aliphatic carbocycles. The predicted molar refractivity (Wildman–Crippen MR) is 79.4 cm³/mol. The number of aromatic nitrogens is 1. The van der Waals surface area contributed by atoms with Gasteiger partial charge in [0.05, 0.1) is 0 Å². The number of terminal acetylenes is 1. The number of hydrogen-bond acceptors (Lipinski definition) is 3. The molecule has 0 fully saturated rings. The smallest absolute Gasteiger partial charge is 0.148 e. The Hall–Kier alpha value is -2.73. The Morgan fingerprint density at radius 1 is 1.35 bits per heavy atom. The van der Waals surface area contributed by atoms with Crippen molar-refractivity contribution in [3.05, 3.63) is 59.9 Å². The molecule has 0 unspecified atom stereocenters. The summed E-state index contributed by atoms with van der Waals surface area (Å²) in [5, 5.41) is 9.89. The molecule has 0 aliphatic heterocycles. The first kappa shape index (κ1) is 13.7. The van der Waals surface area contributed by atoms with E-state index in [4.69, 9.17) is 11.2 Å². The highest BCUT2D eigenvalue weighted by atomic mass is 16.5. The van der Waals surface area contributed by atoms with Crippen LogP contribution in [0.5, 0.6) is 11.5 Å². The highest BCUT2D eigenvalue weighted by Crippen LogP contribution is 2.24. The topological polar surface area (TPSA) is 42.4 Å². The molecule has 0 bridgehead atoms. The number of ether oxygens (including phenoxy) is 1. The van der Waals surface area contributed by atoms with Crippen molar-refractivity contribution in [2.45, 2.75) is 6.42 Å². The molecular weight excluding hydrogens is 250 g/mol. The number of aromatic hydroxyl groups is 1. The number of hydrogen-bond donors (Lipinski definition) is 1. The van der Waals surface area contributed by atoms with Crippen molar-refractivity contribution in [3.63, 3.8) is 0 Å². The van der Waals surface area contributed by atoms with Gasteiger partial charge in [-0.3, -0.25) is 4.98 Å². The summed E-state index contributed by atoms with van der Waals surface area (Å²) in [6.07, 6.45) is 13.3. The second kappa shape index (κ2) is 7.01. The fraction of sp³-hybridized carbons (Fsp3) is 0.118. The predicted octanol–water partition coefficient (Wildman–Crippen LogP) is 3.06. The van der Waals surface area contributed by atoms with Crippen LogP contribution in [0, 0.1) is 12.3 Å². The number of nitrogens with zero attached hydrogens (tertiary/aromatic N) is 1. The zero-order chi connectivity index (χ0) is 14.2. The van der Waals surface area contributed by atoms with E-state index < -0.39 is 0 Å². The molecule has 3 heteroatoms. The van der Waals surface area contributed by atoms with Gasteiger partial charge in [0, 0.05) is 24.0 Å². The first-order chi connectivity index (χ1) is 9.79. The van der Waals surface area contributed by atoms with Crippen LogP contribution in [0.1, 0.15) is 11.1 Å². The third-order valence-corrected chi connectivity index (χ3v) is 2.70. The van der Waals surface area contributed by atoms with Crippen molar-refractivity contribution >= 4 is 6.08 Å². The largest absolute Gasteiger partial charge is 0.507 e. The van der Waals surface area contributed by atoms with Gasteiger partial charge in [-0.15, -0.1) is 6.42 Å². The number of pyridine rings is 1. The van der Waals surface area contributed by atoms with Crippen molar-refractivity contribution in [1.29, 1.82) is 0 Å². The van der Waals surface area contributed by atoms with E-state index in [1.807, 2.05) is 30.5 Å². The van der Waals surface area contributed by atoms with E-state index in [0.717, 1.165) is 17.5 Å². The van der Waals surface area contributed by atoms with Crippen LogP contribution in [0.2, 0.25) is 0 Å². The molecule has 1 aromatic heterocycles. The van der Waals surface area contributed by atoms with Gasteiger partial charge in [0.1, 0.15) is 18.1 Å². The lowest BCUT2D eigenvalue weighted by Crippen LogP contribution is -1.93. The van der Waals surface area contributed by atoms with Crippen LogP contribution in [0.25, 0.3) is 6.08 Å². The summed E-state index contributed by atoms with van der Waals surface area (Å²) in [6, 6.07) is 9.04. The molecule has 2 aromatic rings. The summed E-state index contributed by atoms with van der Waals surface area (Å²) < 4.78 is 5.24. The Morgan fingerprint density at radius 2 is 2.25 bits per heavy atom. The lowest BCUT2D eigenvalue weighted by atomic mass is 10.1. The summed E-state index contributed by atoms with van der Waals surface area (Å²) in [5.41, 5.74) is 1.86. The molecule has 0 spiro atoms. The number of rotatable bonds is 5. The maximum absolute atomic E-state index is 9.89. The van der Waals surface area contributed by atoms with Gasteiger partial charge in [0.2, 0.25) is 0 Å². The molecule has 1 N–H and O–H groups in total. The van der Waals surface area contributed by atoms with Gasteiger partial charge in [-0.2, -0.15) is 0 Å². The van der Waals surface area contributed by atoms with E-state index in [2.05, 4.69) is 10.9 Å². The van der Waals surface area contributed by atoms with Crippen LogP contribution in [0.3, 0.4) is 0 Å². The van der Waals surface area contributed by atoms with E-state index in [1.54, 1.807) is 24.4 Å². The van der Waals surface area contributed by atoms with E-state index in [9.17, 15) is 5.11 Å². The molecule has 20 heavy (non-hydrogen) atoms. The minimum absolute atomic E-state index is 0.168. The third kappa shape index (κ3) is 3.89. The van der Waals surface area contributed by atoms with E-state index in [-0.39, 0.29) is 12.4 Å². The fourth-order valence-electron chi connectivity index (χ4n) is 1.72. The molecule has 2 rings (SSSR count). The summed E-state index contributed by atoms with van der Waals surface area (Å²) in [4.78, 5) is 4.05. The summed E-state index contributed by atoms with van der Waals surface area (Å²) in [7, 11) is 0. The van der Waals surface area contributed by atoms with Crippen molar-refractivity contribution in [1.82, 2.24) is 4.98 Å². The van der Waals surface area contributed by atoms with Gasteiger partial charge < -0.3 is 9.84 Å². The van der Waals surface area contributed by atoms with Gasteiger partial charge in [0.15, 0.2) is 0 Å². The Kier molecular flexibility index (Phi) is 4.80. The number of phenols is 1. The Bertz CT molecular complexity index is 627. The second-order valence-corrected chi connectivity index (χ2v) is 4.18. The van der Waals surface area contributed by atoms with Crippen molar-refractivity contribution in [3.8, 4) is 23.8 Å². The molecule has 1 heterocycles. The molecule has 3 nitrogen and oxygen atoms in total.